The molecule has 1 rings (SSSR count). The number of benzene rings is 1. The fourth-order valence-electron chi connectivity index (χ4n) is 0.857. The normalized spacial score (nSPS) is 8.62. The van der Waals surface area contributed by atoms with Crippen molar-refractivity contribution in [3.63, 3.8) is 0 Å². The second kappa shape index (κ2) is 6.40. The van der Waals surface area contributed by atoms with E-state index in [9.17, 15) is 9.59 Å². The average molecular weight is 304 g/mol. The Bertz CT molecular complexity index is 303. The summed E-state index contributed by atoms with van der Waals surface area (Å²) < 4.78 is 0. The van der Waals surface area contributed by atoms with Gasteiger partial charge < -0.3 is 7.96 Å². The molecule has 0 fully saturated rings. The van der Waals surface area contributed by atoms with Crippen LogP contribution in [0.4, 0.5) is 0 Å². The van der Waals surface area contributed by atoms with Crippen LogP contribution < -0.4 is 0 Å². The summed E-state index contributed by atoms with van der Waals surface area (Å²) in [6, 6.07) is 8.80. The summed E-state index contributed by atoms with van der Waals surface area (Å²) in [6.07, 6.45) is -0.0316. The summed E-state index contributed by atoms with van der Waals surface area (Å²) in [6.45, 7) is 0. The first kappa shape index (κ1) is 12.9. The van der Waals surface area contributed by atoms with E-state index in [4.69, 9.17) is 5.11 Å². The van der Waals surface area contributed by atoms with Crippen LogP contribution in [0, 0.1) is 0 Å². The SMILES string of the molecule is O=C(O)C(=O)Cc1ccccc1.[Ba+2].[H-].[H-]. The first-order valence-corrected chi connectivity index (χ1v) is 3.50. The van der Waals surface area contributed by atoms with Gasteiger partial charge in [0, 0.05) is 6.42 Å². The minimum atomic E-state index is -1.38. The van der Waals surface area contributed by atoms with E-state index in [2.05, 4.69) is 0 Å². The van der Waals surface area contributed by atoms with Gasteiger partial charge in [-0.15, -0.1) is 0 Å². The molecule has 0 radical (unpaired) electrons. The molecule has 0 aliphatic carbocycles. The van der Waals surface area contributed by atoms with Crippen LogP contribution in [0.5, 0.6) is 0 Å². The molecule has 0 unspecified atom stereocenters. The van der Waals surface area contributed by atoms with Crippen molar-refractivity contribution >= 4 is 60.6 Å². The number of Topliss-reactive ketones (excluding diaryl/α,β-unsaturated/α-hetero) is 1. The molecule has 0 saturated carbocycles. The second-order valence-electron chi connectivity index (χ2n) is 2.39. The molecule has 66 valence electrons. The van der Waals surface area contributed by atoms with Crippen LogP contribution >= 0.6 is 0 Å². The van der Waals surface area contributed by atoms with Crippen LogP contribution in [0.25, 0.3) is 0 Å². The summed E-state index contributed by atoms with van der Waals surface area (Å²) in [4.78, 5) is 20.9. The Morgan fingerprint density at radius 2 is 1.77 bits per heavy atom. The van der Waals surface area contributed by atoms with Gasteiger partial charge in [0.05, 0.1) is 0 Å². The molecule has 13 heavy (non-hydrogen) atoms. The zero-order valence-electron chi connectivity index (χ0n) is 9.06. The first-order chi connectivity index (χ1) is 5.70. The molecule has 1 aromatic rings. The summed E-state index contributed by atoms with van der Waals surface area (Å²) in [7, 11) is 0. The number of aliphatic carboxylic acids is 1. The molecule has 1 N–H and O–H groups in total. The van der Waals surface area contributed by atoms with Crippen molar-refractivity contribution in [2.75, 3.05) is 0 Å². The number of carbonyl (C=O) groups excluding carboxylic acids is 1. The Hall–Kier alpha value is -0.0686. The molecule has 4 heteroatoms. The molecule has 0 aliphatic rings. The van der Waals surface area contributed by atoms with E-state index in [1.807, 2.05) is 6.07 Å². The number of hydrogen-bond donors (Lipinski definition) is 1. The van der Waals surface area contributed by atoms with E-state index in [1.165, 1.54) is 0 Å². The van der Waals surface area contributed by atoms with Gasteiger partial charge in [-0.05, 0) is 5.56 Å². The van der Waals surface area contributed by atoms with E-state index in [-0.39, 0.29) is 58.2 Å². The molecule has 0 bridgehead atoms. The third-order valence-electron chi connectivity index (χ3n) is 1.45. The monoisotopic (exact) mass is 304 g/mol. The zero-order chi connectivity index (χ0) is 8.97. The predicted octanol–water partition coefficient (Wildman–Crippen LogP) is 0.727. The number of carboxylic acids is 1. The summed E-state index contributed by atoms with van der Waals surface area (Å²) >= 11 is 0. The number of rotatable bonds is 3. The third kappa shape index (κ3) is 4.64. The van der Waals surface area contributed by atoms with Crippen LogP contribution in [-0.2, 0) is 16.0 Å². The molecule has 0 heterocycles. The molecule has 0 amide bonds. The quantitative estimate of drug-likeness (QED) is 0.661. The minimum absolute atomic E-state index is 0. The Kier molecular flexibility index (Phi) is 6.36. The molecule has 0 aromatic heterocycles. The Labute approximate surface area is 119 Å². The summed E-state index contributed by atoms with van der Waals surface area (Å²) in [5.74, 6) is -2.15. The van der Waals surface area contributed by atoms with Gasteiger partial charge in [-0.25, -0.2) is 4.79 Å². The van der Waals surface area contributed by atoms with Crippen LogP contribution in [-0.4, -0.2) is 65.7 Å². The Morgan fingerprint density at radius 3 is 2.23 bits per heavy atom. The first-order valence-electron chi connectivity index (χ1n) is 3.50. The predicted molar refractivity (Wildman–Crippen MR) is 50.8 cm³/mol. The van der Waals surface area contributed by atoms with Crippen molar-refractivity contribution in [1.82, 2.24) is 0 Å². The van der Waals surface area contributed by atoms with E-state index in [0.29, 0.717) is 0 Å². The molecule has 0 saturated heterocycles. The summed E-state index contributed by atoms with van der Waals surface area (Å²) in [5, 5.41) is 8.29. The van der Waals surface area contributed by atoms with E-state index in [0.717, 1.165) is 5.56 Å². The van der Waals surface area contributed by atoms with Crippen molar-refractivity contribution in [1.29, 1.82) is 0 Å². The largest absolute Gasteiger partial charge is 2.00 e. The number of carboxylic acid groups (broad SMARTS) is 1. The Balaban J connectivity index is -0.000000480. The fraction of sp³-hybridized carbons (Fsp3) is 0.111. The van der Waals surface area contributed by atoms with Gasteiger partial charge in [-0.3, -0.25) is 4.79 Å². The topological polar surface area (TPSA) is 54.4 Å². The molecule has 3 nitrogen and oxygen atoms in total. The van der Waals surface area contributed by atoms with Crippen molar-refractivity contribution < 1.29 is 17.5 Å². The van der Waals surface area contributed by atoms with Crippen molar-refractivity contribution in [3.8, 4) is 0 Å². The van der Waals surface area contributed by atoms with Crippen molar-refractivity contribution in [3.05, 3.63) is 35.9 Å². The molecule has 0 atom stereocenters. The summed E-state index contributed by atoms with van der Waals surface area (Å²) in [5.41, 5.74) is 0.727. The Morgan fingerprint density at radius 1 is 1.23 bits per heavy atom. The van der Waals surface area contributed by atoms with Crippen LogP contribution in [0.3, 0.4) is 0 Å². The van der Waals surface area contributed by atoms with Crippen LogP contribution in [0.1, 0.15) is 8.42 Å². The van der Waals surface area contributed by atoms with Gasteiger partial charge in [0.2, 0.25) is 5.78 Å². The molecule has 0 spiro atoms. The maximum absolute atomic E-state index is 10.7. The van der Waals surface area contributed by atoms with Crippen molar-refractivity contribution in [2.24, 2.45) is 0 Å². The molecular formula is C9H10BaO3. The smallest absolute Gasteiger partial charge is 1.00 e. The second-order valence-corrected chi connectivity index (χ2v) is 2.39. The van der Waals surface area contributed by atoms with E-state index in [1.54, 1.807) is 24.3 Å². The van der Waals surface area contributed by atoms with Gasteiger partial charge in [-0.2, -0.15) is 0 Å². The van der Waals surface area contributed by atoms with Gasteiger partial charge in [0.15, 0.2) is 0 Å². The molecule has 0 aliphatic heterocycles. The molecular weight excluding hydrogens is 293 g/mol. The maximum atomic E-state index is 10.7. The number of hydrogen-bond acceptors (Lipinski definition) is 2. The number of ketones is 1. The average Bonchev–Trinajstić information content (AvgIpc) is 2.06. The van der Waals surface area contributed by atoms with Crippen LogP contribution in [0.15, 0.2) is 30.3 Å². The van der Waals surface area contributed by atoms with Gasteiger partial charge in [-0.1, -0.05) is 30.3 Å². The zero-order valence-corrected chi connectivity index (χ0v) is 11.5. The third-order valence-corrected chi connectivity index (χ3v) is 1.45. The maximum Gasteiger partial charge on any atom is 2.00 e. The van der Waals surface area contributed by atoms with E-state index >= 15 is 0 Å². The van der Waals surface area contributed by atoms with Gasteiger partial charge in [0.1, 0.15) is 0 Å². The number of carbonyl (C=O) groups is 2. The van der Waals surface area contributed by atoms with Crippen LogP contribution in [0.2, 0.25) is 0 Å². The van der Waals surface area contributed by atoms with E-state index < -0.39 is 11.8 Å². The molecule has 1 aromatic carbocycles. The van der Waals surface area contributed by atoms with Crippen molar-refractivity contribution in [2.45, 2.75) is 6.42 Å². The standard InChI is InChI=1S/C9H8O3.Ba.2H/c10-8(9(11)12)6-7-4-2-1-3-5-7;;;/h1-5H,6H2,(H,11,12);;;/q;+2;2*-1. The minimum Gasteiger partial charge on any atom is -1.00 e. The van der Waals surface area contributed by atoms with Gasteiger partial charge >= 0.3 is 54.9 Å². The van der Waals surface area contributed by atoms with Gasteiger partial charge in [0.25, 0.3) is 0 Å². The fourth-order valence-corrected chi connectivity index (χ4v) is 0.857.